The zero-order valence-electron chi connectivity index (χ0n) is 9.91. The van der Waals surface area contributed by atoms with Crippen LogP contribution in [0, 0.1) is 0 Å². The highest BCUT2D eigenvalue weighted by molar-refractivity contribution is 7.14. The van der Waals surface area contributed by atoms with Crippen molar-refractivity contribution in [1.82, 2.24) is 15.5 Å². The molecule has 0 aliphatic rings. The minimum absolute atomic E-state index is 0.540. The summed E-state index contributed by atoms with van der Waals surface area (Å²) in [6.07, 6.45) is 0.896. The highest BCUT2D eigenvalue weighted by atomic mass is 35.5. The molecule has 1 aromatic carbocycles. The molecule has 0 bridgehead atoms. The number of nitrogens with one attached hydrogen (secondary N) is 1. The lowest BCUT2D eigenvalue weighted by Crippen LogP contribution is -2.15. The second kappa shape index (κ2) is 6.48. The molecule has 1 aromatic heterocycles. The Morgan fingerprint density at radius 2 is 2.06 bits per heavy atom. The molecule has 0 saturated heterocycles. The van der Waals surface area contributed by atoms with Crippen LogP contribution in [0.5, 0.6) is 0 Å². The van der Waals surface area contributed by atoms with Crippen molar-refractivity contribution in [1.29, 1.82) is 0 Å². The van der Waals surface area contributed by atoms with Crippen LogP contribution in [0.15, 0.2) is 18.2 Å². The van der Waals surface area contributed by atoms with Gasteiger partial charge in [-0.3, -0.25) is 0 Å². The van der Waals surface area contributed by atoms with Crippen molar-refractivity contribution >= 4 is 34.5 Å². The minimum atomic E-state index is 0.540. The van der Waals surface area contributed by atoms with Gasteiger partial charge < -0.3 is 5.32 Å². The number of rotatable bonds is 5. The molecule has 0 fully saturated rings. The maximum Gasteiger partial charge on any atom is 0.147 e. The molecular weight excluding hydrogens is 289 g/mol. The number of benzene rings is 1. The quantitative estimate of drug-likeness (QED) is 0.856. The maximum absolute atomic E-state index is 5.99. The Balaban J connectivity index is 2.11. The van der Waals surface area contributed by atoms with Gasteiger partial charge in [-0.25, -0.2) is 0 Å². The lowest BCUT2D eigenvalue weighted by Gasteiger charge is -1.98. The molecule has 0 radical (unpaired) electrons. The normalized spacial score (nSPS) is 10.8. The number of hydrogen-bond donors (Lipinski definition) is 1. The third-order valence-electron chi connectivity index (χ3n) is 2.40. The molecule has 0 amide bonds. The topological polar surface area (TPSA) is 37.8 Å². The van der Waals surface area contributed by atoms with E-state index in [1.165, 1.54) is 0 Å². The largest absolute Gasteiger partial charge is 0.317 e. The Hall–Kier alpha value is -0.680. The van der Waals surface area contributed by atoms with E-state index in [4.69, 9.17) is 23.2 Å². The predicted molar refractivity (Wildman–Crippen MR) is 77.6 cm³/mol. The van der Waals surface area contributed by atoms with Crippen LogP contribution in [0.25, 0.3) is 10.6 Å². The van der Waals surface area contributed by atoms with Gasteiger partial charge in [-0.05, 0) is 18.7 Å². The van der Waals surface area contributed by atoms with Crippen molar-refractivity contribution in [3.05, 3.63) is 33.3 Å². The Bertz CT molecular complexity index is 528. The number of hydrogen-bond acceptors (Lipinski definition) is 4. The van der Waals surface area contributed by atoms with E-state index in [0.717, 1.165) is 35.1 Å². The SMILES string of the molecule is CCNCCc1nnc(-c2ccc(Cl)c(Cl)c2)s1. The fraction of sp³-hybridized carbons (Fsp3) is 0.333. The van der Waals surface area contributed by atoms with E-state index in [-0.39, 0.29) is 0 Å². The molecular formula is C12H13Cl2N3S. The monoisotopic (exact) mass is 301 g/mol. The van der Waals surface area contributed by atoms with Crippen LogP contribution in [-0.4, -0.2) is 23.3 Å². The second-order valence-corrected chi connectivity index (χ2v) is 5.61. The van der Waals surface area contributed by atoms with Crippen LogP contribution < -0.4 is 5.32 Å². The lowest BCUT2D eigenvalue weighted by molar-refractivity contribution is 0.710. The van der Waals surface area contributed by atoms with Crippen molar-refractivity contribution in [2.75, 3.05) is 13.1 Å². The van der Waals surface area contributed by atoms with Crippen LogP contribution in [0.3, 0.4) is 0 Å². The first-order chi connectivity index (χ1) is 8.70. The van der Waals surface area contributed by atoms with E-state index in [2.05, 4.69) is 22.4 Å². The average molecular weight is 302 g/mol. The second-order valence-electron chi connectivity index (χ2n) is 3.73. The number of nitrogens with zero attached hydrogens (tertiary/aromatic N) is 2. The van der Waals surface area contributed by atoms with Crippen LogP contribution in [0.1, 0.15) is 11.9 Å². The third kappa shape index (κ3) is 3.42. The molecule has 0 atom stereocenters. The summed E-state index contributed by atoms with van der Waals surface area (Å²) in [6.45, 7) is 3.98. The molecule has 0 aliphatic heterocycles. The molecule has 0 spiro atoms. The van der Waals surface area contributed by atoms with Crippen LogP contribution >= 0.6 is 34.5 Å². The van der Waals surface area contributed by atoms with E-state index in [1.807, 2.05) is 12.1 Å². The Labute approximate surface area is 120 Å². The van der Waals surface area contributed by atoms with Gasteiger partial charge in [0.1, 0.15) is 10.0 Å². The number of halogens is 2. The maximum atomic E-state index is 5.99. The van der Waals surface area contributed by atoms with Crippen molar-refractivity contribution in [3.8, 4) is 10.6 Å². The van der Waals surface area contributed by atoms with Crippen molar-refractivity contribution in [2.45, 2.75) is 13.3 Å². The molecule has 1 N–H and O–H groups in total. The zero-order valence-corrected chi connectivity index (χ0v) is 12.2. The molecule has 6 heteroatoms. The van der Waals surface area contributed by atoms with Crippen LogP contribution in [0.2, 0.25) is 10.0 Å². The molecule has 2 rings (SSSR count). The van der Waals surface area contributed by atoms with Crippen molar-refractivity contribution in [3.63, 3.8) is 0 Å². The third-order valence-corrected chi connectivity index (χ3v) is 4.17. The van der Waals surface area contributed by atoms with Crippen molar-refractivity contribution in [2.24, 2.45) is 0 Å². The highest BCUT2D eigenvalue weighted by Gasteiger charge is 2.08. The van der Waals surface area contributed by atoms with Gasteiger partial charge >= 0.3 is 0 Å². The lowest BCUT2D eigenvalue weighted by atomic mass is 10.2. The van der Waals surface area contributed by atoms with Gasteiger partial charge in [0, 0.05) is 18.5 Å². The first kappa shape index (κ1) is 13.7. The van der Waals surface area contributed by atoms with Gasteiger partial charge in [0.2, 0.25) is 0 Å². The fourth-order valence-electron chi connectivity index (χ4n) is 1.47. The molecule has 0 unspecified atom stereocenters. The summed E-state index contributed by atoms with van der Waals surface area (Å²) in [6, 6.07) is 5.50. The molecule has 0 aliphatic carbocycles. The van der Waals surface area contributed by atoms with Gasteiger partial charge in [-0.2, -0.15) is 0 Å². The van der Waals surface area contributed by atoms with Crippen LogP contribution in [0.4, 0.5) is 0 Å². The summed E-state index contributed by atoms with van der Waals surface area (Å²) in [5, 5.41) is 14.6. The van der Waals surface area contributed by atoms with E-state index < -0.39 is 0 Å². The number of aromatic nitrogens is 2. The molecule has 1 heterocycles. The Morgan fingerprint density at radius 1 is 1.22 bits per heavy atom. The summed E-state index contributed by atoms with van der Waals surface area (Å²) in [4.78, 5) is 0. The van der Waals surface area contributed by atoms with Crippen LogP contribution in [-0.2, 0) is 6.42 Å². The summed E-state index contributed by atoms with van der Waals surface area (Å²) in [7, 11) is 0. The smallest absolute Gasteiger partial charge is 0.147 e. The van der Waals surface area contributed by atoms with E-state index in [0.29, 0.717) is 10.0 Å². The summed E-state index contributed by atoms with van der Waals surface area (Å²) < 4.78 is 0. The Kier molecular flexibility index (Phi) is 4.95. The molecule has 2 aromatic rings. The minimum Gasteiger partial charge on any atom is -0.317 e. The zero-order chi connectivity index (χ0) is 13.0. The standard InChI is InChI=1S/C12H13Cl2N3S/c1-2-15-6-5-11-16-17-12(18-11)8-3-4-9(13)10(14)7-8/h3-4,7,15H,2,5-6H2,1H3. The van der Waals surface area contributed by atoms with Gasteiger partial charge in [-0.15, -0.1) is 10.2 Å². The summed E-state index contributed by atoms with van der Waals surface area (Å²) in [5.74, 6) is 0. The molecule has 0 saturated carbocycles. The highest BCUT2D eigenvalue weighted by Crippen LogP contribution is 2.30. The average Bonchev–Trinajstić information content (AvgIpc) is 2.82. The van der Waals surface area contributed by atoms with E-state index in [1.54, 1.807) is 17.4 Å². The molecule has 96 valence electrons. The van der Waals surface area contributed by atoms with Gasteiger partial charge in [-0.1, -0.05) is 47.5 Å². The van der Waals surface area contributed by atoms with E-state index >= 15 is 0 Å². The fourth-order valence-corrected chi connectivity index (χ4v) is 2.61. The summed E-state index contributed by atoms with van der Waals surface area (Å²) in [5.41, 5.74) is 0.955. The first-order valence-electron chi connectivity index (χ1n) is 5.69. The van der Waals surface area contributed by atoms with Gasteiger partial charge in [0.15, 0.2) is 0 Å². The number of likely N-dealkylation sites (N-methyl/N-ethyl adjacent to an activating group) is 1. The molecule has 18 heavy (non-hydrogen) atoms. The van der Waals surface area contributed by atoms with Crippen molar-refractivity contribution < 1.29 is 0 Å². The molecule has 3 nitrogen and oxygen atoms in total. The van der Waals surface area contributed by atoms with Gasteiger partial charge in [0.25, 0.3) is 0 Å². The summed E-state index contributed by atoms with van der Waals surface area (Å²) >= 11 is 13.5. The first-order valence-corrected chi connectivity index (χ1v) is 7.26. The predicted octanol–water partition coefficient (Wildman–Crippen LogP) is 3.66. The van der Waals surface area contributed by atoms with Gasteiger partial charge in [0.05, 0.1) is 10.0 Å². The Morgan fingerprint density at radius 3 is 2.78 bits per heavy atom. The van der Waals surface area contributed by atoms with E-state index in [9.17, 15) is 0 Å².